The summed E-state index contributed by atoms with van der Waals surface area (Å²) in [6.07, 6.45) is 35.3. The fraction of sp³-hybridized carbons (Fsp3) is 0.976. The predicted molar refractivity (Wildman–Crippen MR) is 208 cm³/mol. The number of rotatable bonds is 40. The van der Waals surface area contributed by atoms with E-state index in [0.717, 1.165) is 32.1 Å². The standard InChI is InChI=1S/C41H84NO7P/c1-6-8-10-12-14-16-18-20-22-24-26-28-30-32-34-41(43)49-40(39-48-50(44,45)47-37-35-42(3,4)5)38-46-36-33-31-29-27-25-23-21-19-17-15-13-11-9-7-2/h40H,6-39H2,1-5H3. The Kier molecular flexibility index (Phi) is 35.2. The molecule has 0 radical (unpaired) electrons. The number of unbranched alkanes of at least 4 members (excludes halogenated alkanes) is 26. The first kappa shape index (κ1) is 49.5. The zero-order valence-electron chi connectivity index (χ0n) is 33.9. The van der Waals surface area contributed by atoms with Crippen LogP contribution >= 0.6 is 7.82 Å². The number of phosphoric acid groups is 1. The SMILES string of the molecule is CCCCCCCCCCCCCCCCOCC(COP(=O)([O-])OCC[N+](C)(C)C)OC(=O)CCCCCCCCCCCCCCCC. The summed E-state index contributed by atoms with van der Waals surface area (Å²) in [4.78, 5) is 25.0. The maximum atomic E-state index is 12.6. The molecule has 0 bridgehead atoms. The van der Waals surface area contributed by atoms with Gasteiger partial charge >= 0.3 is 5.97 Å². The van der Waals surface area contributed by atoms with Gasteiger partial charge in [0.25, 0.3) is 7.82 Å². The molecule has 0 aliphatic heterocycles. The van der Waals surface area contributed by atoms with Crippen molar-refractivity contribution in [2.75, 3.05) is 54.1 Å². The highest BCUT2D eigenvalue weighted by Gasteiger charge is 2.20. The number of likely N-dealkylation sites (N-methyl/N-ethyl adjacent to an activating group) is 1. The average Bonchev–Trinajstić information content (AvgIpc) is 3.06. The van der Waals surface area contributed by atoms with Crippen LogP contribution in [0.2, 0.25) is 0 Å². The summed E-state index contributed by atoms with van der Waals surface area (Å²) in [6.45, 7) is 5.46. The fourth-order valence-corrected chi connectivity index (χ4v) is 6.81. The van der Waals surface area contributed by atoms with Crippen molar-refractivity contribution in [1.82, 2.24) is 0 Å². The van der Waals surface area contributed by atoms with Crippen molar-refractivity contribution in [3.05, 3.63) is 0 Å². The van der Waals surface area contributed by atoms with E-state index in [1.54, 1.807) is 0 Å². The van der Waals surface area contributed by atoms with Gasteiger partial charge in [-0.15, -0.1) is 0 Å². The first-order chi connectivity index (χ1) is 24.1. The molecule has 0 aliphatic rings. The summed E-state index contributed by atoms with van der Waals surface area (Å²) in [6, 6.07) is 0. The van der Waals surface area contributed by atoms with Gasteiger partial charge in [0.2, 0.25) is 0 Å². The quantitative estimate of drug-likeness (QED) is 0.0268. The third-order valence-electron chi connectivity index (χ3n) is 9.41. The zero-order chi connectivity index (χ0) is 37.0. The van der Waals surface area contributed by atoms with E-state index in [9.17, 15) is 14.3 Å². The number of carbonyl (C=O) groups excluding carboxylic acids is 1. The second-order valence-electron chi connectivity index (χ2n) is 15.7. The minimum atomic E-state index is -4.51. The van der Waals surface area contributed by atoms with Crippen molar-refractivity contribution >= 4 is 13.8 Å². The van der Waals surface area contributed by atoms with Crippen molar-refractivity contribution in [1.29, 1.82) is 0 Å². The molecule has 9 heteroatoms. The average molecular weight is 734 g/mol. The highest BCUT2D eigenvalue weighted by Crippen LogP contribution is 2.38. The molecule has 0 N–H and O–H groups in total. The Balaban J connectivity index is 4.21. The molecule has 8 nitrogen and oxygen atoms in total. The molecule has 300 valence electrons. The second-order valence-corrected chi connectivity index (χ2v) is 17.1. The van der Waals surface area contributed by atoms with E-state index in [-0.39, 0.29) is 25.8 Å². The summed E-state index contributed by atoms with van der Waals surface area (Å²) >= 11 is 0. The minimum absolute atomic E-state index is 0.0312. The minimum Gasteiger partial charge on any atom is -0.756 e. The molecule has 0 heterocycles. The number of quaternary nitrogens is 1. The molecular weight excluding hydrogens is 649 g/mol. The van der Waals surface area contributed by atoms with Crippen LogP contribution in [-0.2, 0) is 27.9 Å². The van der Waals surface area contributed by atoms with Crippen LogP contribution in [0.15, 0.2) is 0 Å². The van der Waals surface area contributed by atoms with Crippen LogP contribution < -0.4 is 4.89 Å². The number of esters is 1. The van der Waals surface area contributed by atoms with Crippen molar-refractivity contribution < 1.29 is 37.3 Å². The third kappa shape index (κ3) is 38.7. The monoisotopic (exact) mass is 734 g/mol. The molecule has 2 unspecified atom stereocenters. The van der Waals surface area contributed by atoms with Gasteiger partial charge in [0.15, 0.2) is 0 Å². The first-order valence-corrected chi connectivity index (χ1v) is 22.7. The van der Waals surface area contributed by atoms with Crippen LogP contribution in [0.25, 0.3) is 0 Å². The number of phosphoric ester groups is 1. The van der Waals surface area contributed by atoms with Gasteiger partial charge in [-0.2, -0.15) is 0 Å². The molecule has 0 saturated heterocycles. The molecule has 0 aromatic carbocycles. The lowest BCUT2D eigenvalue weighted by molar-refractivity contribution is -0.870. The highest BCUT2D eigenvalue weighted by molar-refractivity contribution is 7.45. The molecule has 2 atom stereocenters. The summed E-state index contributed by atoms with van der Waals surface area (Å²) in [5.41, 5.74) is 0. The highest BCUT2D eigenvalue weighted by atomic mass is 31.2. The molecule has 0 spiro atoms. The van der Waals surface area contributed by atoms with Gasteiger partial charge in [0.1, 0.15) is 19.3 Å². The zero-order valence-corrected chi connectivity index (χ0v) is 34.8. The van der Waals surface area contributed by atoms with Gasteiger partial charge in [-0.25, -0.2) is 0 Å². The number of carbonyl (C=O) groups is 1. The molecule has 50 heavy (non-hydrogen) atoms. The largest absolute Gasteiger partial charge is 0.756 e. The van der Waals surface area contributed by atoms with Crippen molar-refractivity contribution in [3.63, 3.8) is 0 Å². The molecule has 0 amide bonds. The number of nitrogens with zero attached hydrogens (tertiary/aromatic N) is 1. The number of ether oxygens (including phenoxy) is 2. The summed E-state index contributed by atoms with van der Waals surface area (Å²) in [5, 5.41) is 0. The van der Waals surface area contributed by atoms with Gasteiger partial charge in [0, 0.05) is 13.0 Å². The van der Waals surface area contributed by atoms with Crippen LogP contribution in [0.1, 0.15) is 200 Å². The Bertz CT molecular complexity index is 777. The van der Waals surface area contributed by atoms with Crippen LogP contribution in [0, 0.1) is 0 Å². The smallest absolute Gasteiger partial charge is 0.306 e. The lowest BCUT2D eigenvalue weighted by Gasteiger charge is -2.28. The van der Waals surface area contributed by atoms with Crippen LogP contribution in [0.4, 0.5) is 0 Å². The lowest BCUT2D eigenvalue weighted by atomic mass is 10.0. The molecular formula is C41H84NO7P. The second kappa shape index (κ2) is 35.5. The van der Waals surface area contributed by atoms with Gasteiger partial charge < -0.3 is 27.9 Å². The van der Waals surface area contributed by atoms with Crippen molar-refractivity contribution in [2.45, 2.75) is 206 Å². The Morgan fingerprint density at radius 2 is 0.920 bits per heavy atom. The van der Waals surface area contributed by atoms with Gasteiger partial charge in [-0.3, -0.25) is 9.36 Å². The summed E-state index contributed by atoms with van der Waals surface area (Å²) in [7, 11) is 1.37. The van der Waals surface area contributed by atoms with E-state index < -0.39 is 13.9 Å². The Morgan fingerprint density at radius 1 is 0.540 bits per heavy atom. The molecule has 0 aliphatic carbocycles. The van der Waals surface area contributed by atoms with E-state index in [1.165, 1.54) is 148 Å². The predicted octanol–water partition coefficient (Wildman–Crippen LogP) is 11.5. The Hall–Kier alpha value is -0.500. The topological polar surface area (TPSA) is 94.1 Å². The van der Waals surface area contributed by atoms with Gasteiger partial charge in [-0.1, -0.05) is 181 Å². The van der Waals surface area contributed by atoms with E-state index in [4.69, 9.17) is 18.5 Å². The third-order valence-corrected chi connectivity index (χ3v) is 10.4. The molecule has 0 aromatic rings. The maximum absolute atomic E-state index is 12.6. The maximum Gasteiger partial charge on any atom is 0.306 e. The van der Waals surface area contributed by atoms with E-state index in [1.807, 2.05) is 21.1 Å². The number of hydrogen-bond donors (Lipinski definition) is 0. The molecule has 0 aromatic heterocycles. The van der Waals surface area contributed by atoms with Crippen molar-refractivity contribution in [2.24, 2.45) is 0 Å². The normalized spacial score (nSPS) is 13.8. The van der Waals surface area contributed by atoms with E-state index in [2.05, 4.69) is 13.8 Å². The number of hydrogen-bond acceptors (Lipinski definition) is 7. The Morgan fingerprint density at radius 3 is 1.32 bits per heavy atom. The summed E-state index contributed by atoms with van der Waals surface area (Å²) in [5.74, 6) is -0.329. The first-order valence-electron chi connectivity index (χ1n) is 21.3. The van der Waals surface area contributed by atoms with E-state index in [0.29, 0.717) is 24.1 Å². The van der Waals surface area contributed by atoms with Crippen LogP contribution in [-0.4, -0.2) is 70.7 Å². The summed E-state index contributed by atoms with van der Waals surface area (Å²) < 4.78 is 34.5. The lowest BCUT2D eigenvalue weighted by Crippen LogP contribution is -2.37. The van der Waals surface area contributed by atoms with Gasteiger partial charge in [0.05, 0.1) is 34.4 Å². The Labute approximate surface area is 310 Å². The molecule has 0 fully saturated rings. The molecule has 0 saturated carbocycles. The van der Waals surface area contributed by atoms with Crippen LogP contribution in [0.3, 0.4) is 0 Å². The van der Waals surface area contributed by atoms with Crippen LogP contribution in [0.5, 0.6) is 0 Å². The fourth-order valence-electron chi connectivity index (χ4n) is 6.08. The van der Waals surface area contributed by atoms with Gasteiger partial charge in [-0.05, 0) is 12.8 Å². The van der Waals surface area contributed by atoms with Crippen molar-refractivity contribution in [3.8, 4) is 0 Å². The molecule has 0 rings (SSSR count). The van der Waals surface area contributed by atoms with E-state index >= 15 is 0 Å².